The van der Waals surface area contributed by atoms with E-state index in [4.69, 9.17) is 5.73 Å². The van der Waals surface area contributed by atoms with E-state index in [2.05, 4.69) is 62.4 Å². The molecule has 2 aromatic carbocycles. The molecule has 0 aromatic heterocycles. The summed E-state index contributed by atoms with van der Waals surface area (Å²) in [5, 5.41) is 0. The summed E-state index contributed by atoms with van der Waals surface area (Å²) in [5.74, 6) is 0. The van der Waals surface area contributed by atoms with Crippen LogP contribution in [0.5, 0.6) is 0 Å². The van der Waals surface area contributed by atoms with Gasteiger partial charge in [-0.2, -0.15) is 0 Å². The van der Waals surface area contributed by atoms with Crippen molar-refractivity contribution in [3.05, 3.63) is 70.8 Å². The summed E-state index contributed by atoms with van der Waals surface area (Å²) < 4.78 is 0. The minimum atomic E-state index is 0.264. The van der Waals surface area contributed by atoms with E-state index in [9.17, 15) is 0 Å². The molecule has 2 rings (SSSR count). The maximum Gasteiger partial charge on any atom is 0.00794 e. The normalized spacial score (nSPS) is 12.3. The molecule has 1 nitrogen and oxygen atoms in total. The first-order chi connectivity index (χ1) is 9.63. The Hall–Kier alpha value is -1.60. The fourth-order valence-corrected chi connectivity index (χ4v) is 2.80. The van der Waals surface area contributed by atoms with Gasteiger partial charge in [0, 0.05) is 6.04 Å². The zero-order chi connectivity index (χ0) is 14.4. The summed E-state index contributed by atoms with van der Waals surface area (Å²) >= 11 is 0. The van der Waals surface area contributed by atoms with Crippen LogP contribution in [0.4, 0.5) is 0 Å². The van der Waals surface area contributed by atoms with Crippen molar-refractivity contribution >= 4 is 0 Å². The second kappa shape index (κ2) is 7.25. The summed E-state index contributed by atoms with van der Waals surface area (Å²) in [4.78, 5) is 0. The monoisotopic (exact) mass is 267 g/mol. The molecular weight excluding hydrogens is 242 g/mol. The largest absolute Gasteiger partial charge is 0.327 e. The number of hydrogen-bond donors (Lipinski definition) is 1. The topological polar surface area (TPSA) is 26.0 Å². The first kappa shape index (κ1) is 14.8. The molecule has 1 unspecified atom stereocenters. The average Bonchev–Trinajstić information content (AvgIpc) is 2.38. The van der Waals surface area contributed by atoms with Crippen LogP contribution in [0.3, 0.4) is 0 Å². The Kier molecular flexibility index (Phi) is 5.37. The Balaban J connectivity index is 1.79. The number of benzene rings is 2. The van der Waals surface area contributed by atoms with Gasteiger partial charge in [0.2, 0.25) is 0 Å². The lowest BCUT2D eigenvalue weighted by atomic mass is 9.97. The Morgan fingerprint density at radius 1 is 0.900 bits per heavy atom. The summed E-state index contributed by atoms with van der Waals surface area (Å²) in [7, 11) is 0. The van der Waals surface area contributed by atoms with Crippen molar-refractivity contribution < 1.29 is 0 Å². The number of aryl methyl sites for hydroxylation is 3. The number of rotatable bonds is 6. The second-order valence-electron chi connectivity index (χ2n) is 5.84. The van der Waals surface area contributed by atoms with Gasteiger partial charge in [0.05, 0.1) is 0 Å². The Bertz CT molecular complexity index is 510. The molecule has 0 fully saturated rings. The van der Waals surface area contributed by atoms with Crippen LogP contribution in [0.15, 0.2) is 48.5 Å². The van der Waals surface area contributed by atoms with Gasteiger partial charge in [-0.05, 0) is 50.7 Å². The number of nitrogens with two attached hydrogens (primary N) is 1. The van der Waals surface area contributed by atoms with E-state index in [1.165, 1.54) is 22.3 Å². The predicted molar refractivity (Wildman–Crippen MR) is 87.0 cm³/mol. The van der Waals surface area contributed by atoms with E-state index in [0.717, 1.165) is 25.7 Å². The number of hydrogen-bond acceptors (Lipinski definition) is 1. The zero-order valence-corrected chi connectivity index (χ0v) is 12.6. The molecule has 0 aliphatic heterocycles. The van der Waals surface area contributed by atoms with Crippen molar-refractivity contribution in [1.29, 1.82) is 0 Å². The molecule has 0 saturated heterocycles. The van der Waals surface area contributed by atoms with E-state index in [-0.39, 0.29) is 6.04 Å². The van der Waals surface area contributed by atoms with Crippen LogP contribution in [0.2, 0.25) is 0 Å². The SMILES string of the molecule is Cc1cc(C)cc(CC(N)CCCc2ccccc2)c1. The molecule has 106 valence electrons. The summed E-state index contributed by atoms with van der Waals surface area (Å²) in [5.41, 5.74) is 11.7. The zero-order valence-electron chi connectivity index (χ0n) is 12.6. The summed E-state index contributed by atoms with van der Waals surface area (Å²) in [6.07, 6.45) is 4.36. The van der Waals surface area contributed by atoms with E-state index >= 15 is 0 Å². The molecular formula is C19H25N. The Morgan fingerprint density at radius 2 is 1.55 bits per heavy atom. The van der Waals surface area contributed by atoms with Gasteiger partial charge in [-0.15, -0.1) is 0 Å². The minimum absolute atomic E-state index is 0.264. The molecule has 20 heavy (non-hydrogen) atoms. The van der Waals surface area contributed by atoms with Gasteiger partial charge in [-0.25, -0.2) is 0 Å². The maximum absolute atomic E-state index is 6.27. The standard InChI is InChI=1S/C19H25N/c1-15-11-16(2)13-18(12-15)14-19(20)10-6-9-17-7-4-3-5-8-17/h3-5,7-8,11-13,19H,6,9-10,14,20H2,1-2H3. The smallest absolute Gasteiger partial charge is 0.00794 e. The predicted octanol–water partition coefficient (Wildman–Crippen LogP) is 4.20. The quantitative estimate of drug-likeness (QED) is 0.834. The highest BCUT2D eigenvalue weighted by Gasteiger charge is 2.05. The van der Waals surface area contributed by atoms with E-state index in [0.29, 0.717) is 0 Å². The molecule has 1 atom stereocenters. The van der Waals surface area contributed by atoms with Gasteiger partial charge in [0.1, 0.15) is 0 Å². The molecule has 2 aromatic rings. The van der Waals surface area contributed by atoms with Crippen LogP contribution < -0.4 is 5.73 Å². The highest BCUT2D eigenvalue weighted by molar-refractivity contribution is 5.29. The van der Waals surface area contributed by atoms with E-state index in [1.54, 1.807) is 0 Å². The van der Waals surface area contributed by atoms with E-state index in [1.807, 2.05) is 0 Å². The summed E-state index contributed by atoms with van der Waals surface area (Å²) in [6.45, 7) is 4.30. The van der Waals surface area contributed by atoms with E-state index < -0.39 is 0 Å². The van der Waals surface area contributed by atoms with Crippen molar-refractivity contribution in [3.63, 3.8) is 0 Å². The lowest BCUT2D eigenvalue weighted by Gasteiger charge is -2.13. The first-order valence-corrected chi connectivity index (χ1v) is 7.50. The van der Waals surface area contributed by atoms with Crippen LogP contribution in [-0.4, -0.2) is 6.04 Å². The highest BCUT2D eigenvalue weighted by Crippen LogP contribution is 2.13. The highest BCUT2D eigenvalue weighted by atomic mass is 14.6. The van der Waals surface area contributed by atoms with Crippen molar-refractivity contribution in [2.75, 3.05) is 0 Å². The molecule has 0 heterocycles. The lowest BCUT2D eigenvalue weighted by molar-refractivity contribution is 0.580. The van der Waals surface area contributed by atoms with Crippen molar-refractivity contribution in [2.24, 2.45) is 5.73 Å². The molecule has 0 aliphatic rings. The summed E-state index contributed by atoms with van der Waals surface area (Å²) in [6, 6.07) is 17.6. The van der Waals surface area contributed by atoms with Crippen LogP contribution >= 0.6 is 0 Å². The van der Waals surface area contributed by atoms with Gasteiger partial charge >= 0.3 is 0 Å². The third kappa shape index (κ3) is 4.82. The molecule has 2 N–H and O–H groups in total. The second-order valence-corrected chi connectivity index (χ2v) is 5.84. The fraction of sp³-hybridized carbons (Fsp3) is 0.368. The molecule has 1 heteroatoms. The molecule has 0 saturated carbocycles. The van der Waals surface area contributed by atoms with Gasteiger partial charge < -0.3 is 5.73 Å². The Morgan fingerprint density at radius 3 is 2.20 bits per heavy atom. The fourth-order valence-electron chi connectivity index (χ4n) is 2.80. The van der Waals surface area contributed by atoms with Crippen molar-refractivity contribution in [3.8, 4) is 0 Å². The molecule has 0 bridgehead atoms. The third-order valence-corrected chi connectivity index (χ3v) is 3.66. The molecule has 0 radical (unpaired) electrons. The van der Waals surface area contributed by atoms with Crippen LogP contribution in [0.25, 0.3) is 0 Å². The molecule has 0 aliphatic carbocycles. The minimum Gasteiger partial charge on any atom is -0.327 e. The van der Waals surface area contributed by atoms with Crippen molar-refractivity contribution in [1.82, 2.24) is 0 Å². The van der Waals surface area contributed by atoms with Gasteiger partial charge in [0.15, 0.2) is 0 Å². The van der Waals surface area contributed by atoms with Crippen LogP contribution in [0, 0.1) is 13.8 Å². The van der Waals surface area contributed by atoms with Gasteiger partial charge in [0.25, 0.3) is 0 Å². The first-order valence-electron chi connectivity index (χ1n) is 7.50. The third-order valence-electron chi connectivity index (χ3n) is 3.66. The van der Waals surface area contributed by atoms with Crippen LogP contribution in [-0.2, 0) is 12.8 Å². The molecule has 0 spiro atoms. The van der Waals surface area contributed by atoms with Crippen molar-refractivity contribution in [2.45, 2.75) is 45.6 Å². The average molecular weight is 267 g/mol. The van der Waals surface area contributed by atoms with Gasteiger partial charge in [-0.3, -0.25) is 0 Å². The van der Waals surface area contributed by atoms with Gasteiger partial charge in [-0.1, -0.05) is 59.7 Å². The Labute approximate surface area is 122 Å². The molecule has 0 amide bonds. The lowest BCUT2D eigenvalue weighted by Crippen LogP contribution is -2.23. The van der Waals surface area contributed by atoms with Crippen LogP contribution in [0.1, 0.15) is 35.1 Å². The maximum atomic E-state index is 6.27.